The summed E-state index contributed by atoms with van der Waals surface area (Å²) >= 11 is 6.41. The molecule has 1 aliphatic heterocycles. The van der Waals surface area contributed by atoms with E-state index in [1.54, 1.807) is 0 Å². The van der Waals surface area contributed by atoms with E-state index in [1.165, 1.54) is 30.2 Å². The number of carboxylic acids is 2. The van der Waals surface area contributed by atoms with E-state index in [4.69, 9.17) is 26.8 Å². The molecule has 2 heterocycles. The molecule has 0 aliphatic carbocycles. The molecule has 33 heavy (non-hydrogen) atoms. The van der Waals surface area contributed by atoms with Gasteiger partial charge >= 0.3 is 11.9 Å². The van der Waals surface area contributed by atoms with Gasteiger partial charge in [-0.3, -0.25) is 0 Å². The highest BCUT2D eigenvalue weighted by Gasteiger charge is 2.15. The van der Waals surface area contributed by atoms with Gasteiger partial charge in [0.1, 0.15) is 0 Å². The van der Waals surface area contributed by atoms with Crippen LogP contribution >= 0.6 is 11.6 Å². The number of fused-ring (bicyclic) bond motifs is 1. The van der Waals surface area contributed by atoms with Crippen molar-refractivity contribution in [3.8, 4) is 11.3 Å². The van der Waals surface area contributed by atoms with Crippen LogP contribution in [0.4, 0.5) is 0 Å². The molecule has 3 aromatic rings. The molecule has 6 nitrogen and oxygen atoms in total. The Labute approximate surface area is 197 Å². The van der Waals surface area contributed by atoms with Crippen LogP contribution in [0.15, 0.2) is 66.7 Å². The van der Waals surface area contributed by atoms with Gasteiger partial charge in [-0.25, -0.2) is 14.6 Å². The zero-order chi connectivity index (χ0) is 23.6. The molecule has 4 rings (SSSR count). The van der Waals surface area contributed by atoms with Crippen molar-refractivity contribution in [3.05, 3.63) is 77.3 Å². The van der Waals surface area contributed by atoms with Gasteiger partial charge in [-0.15, -0.1) is 0 Å². The number of carboxylic acid groups (broad SMARTS) is 2. The monoisotopic (exact) mass is 466 g/mol. The van der Waals surface area contributed by atoms with Crippen molar-refractivity contribution in [2.24, 2.45) is 5.92 Å². The van der Waals surface area contributed by atoms with Crippen molar-refractivity contribution in [1.82, 2.24) is 10.3 Å². The summed E-state index contributed by atoms with van der Waals surface area (Å²) < 4.78 is 0. The van der Waals surface area contributed by atoms with Gasteiger partial charge in [-0.05, 0) is 68.5 Å². The maximum absolute atomic E-state index is 9.55. The third kappa shape index (κ3) is 7.41. The zero-order valence-electron chi connectivity index (χ0n) is 18.2. The molecule has 0 spiro atoms. The number of piperidine rings is 1. The summed E-state index contributed by atoms with van der Waals surface area (Å²) in [5, 5.41) is 21.1. The van der Waals surface area contributed by atoms with Crippen LogP contribution < -0.4 is 5.32 Å². The van der Waals surface area contributed by atoms with E-state index in [0.29, 0.717) is 12.2 Å². The summed E-state index contributed by atoms with van der Waals surface area (Å²) in [5.74, 6) is -1.68. The number of aliphatic carboxylic acids is 2. The normalized spacial score (nSPS) is 14.1. The number of hydrogen-bond donors (Lipinski definition) is 3. The smallest absolute Gasteiger partial charge is 0.328 e. The number of nitrogens with one attached hydrogen (secondary N) is 1. The first-order valence-corrected chi connectivity index (χ1v) is 11.3. The van der Waals surface area contributed by atoms with E-state index in [-0.39, 0.29) is 0 Å². The lowest BCUT2D eigenvalue weighted by Crippen LogP contribution is -2.27. The lowest BCUT2D eigenvalue weighted by Gasteiger charge is -2.22. The molecule has 172 valence electrons. The molecule has 1 saturated heterocycles. The van der Waals surface area contributed by atoms with Crippen LogP contribution in [0.25, 0.3) is 22.2 Å². The van der Waals surface area contributed by atoms with E-state index >= 15 is 0 Å². The Morgan fingerprint density at radius 1 is 1.00 bits per heavy atom. The van der Waals surface area contributed by atoms with Crippen molar-refractivity contribution >= 4 is 34.4 Å². The number of hydrogen-bond acceptors (Lipinski definition) is 4. The molecular weight excluding hydrogens is 440 g/mol. The third-order valence-electron chi connectivity index (χ3n) is 5.60. The lowest BCUT2D eigenvalue weighted by atomic mass is 9.90. The predicted octanol–water partition coefficient (Wildman–Crippen LogP) is 5.20. The van der Waals surface area contributed by atoms with Gasteiger partial charge < -0.3 is 15.5 Å². The van der Waals surface area contributed by atoms with Gasteiger partial charge in [-0.2, -0.15) is 0 Å². The number of pyridine rings is 1. The highest BCUT2D eigenvalue weighted by Crippen LogP contribution is 2.31. The van der Waals surface area contributed by atoms with E-state index in [0.717, 1.165) is 47.2 Å². The molecule has 0 radical (unpaired) electrons. The van der Waals surface area contributed by atoms with E-state index in [9.17, 15) is 9.59 Å². The van der Waals surface area contributed by atoms with Crippen LogP contribution in [0.2, 0.25) is 5.02 Å². The Morgan fingerprint density at radius 3 is 2.30 bits per heavy atom. The Hall–Kier alpha value is -3.22. The first-order valence-electron chi connectivity index (χ1n) is 10.9. The first kappa shape index (κ1) is 24.4. The van der Waals surface area contributed by atoms with Gasteiger partial charge in [0.15, 0.2) is 0 Å². The Bertz CT molecular complexity index is 1120. The SMILES string of the molecule is Clc1ccccc1-c1cc(CCC2CCNCC2)c2ccccc2n1.O=C(O)/C=C/C(=O)O. The number of carbonyl (C=O) groups is 2. The van der Waals surface area contributed by atoms with Crippen molar-refractivity contribution in [3.63, 3.8) is 0 Å². The highest BCUT2D eigenvalue weighted by molar-refractivity contribution is 6.33. The maximum Gasteiger partial charge on any atom is 0.328 e. The lowest BCUT2D eigenvalue weighted by molar-refractivity contribution is -0.134. The molecule has 1 aliphatic rings. The van der Waals surface area contributed by atoms with Gasteiger partial charge in [-0.1, -0.05) is 48.0 Å². The molecule has 3 N–H and O–H groups in total. The largest absolute Gasteiger partial charge is 0.478 e. The highest BCUT2D eigenvalue weighted by atomic mass is 35.5. The summed E-state index contributed by atoms with van der Waals surface area (Å²) in [4.78, 5) is 24.0. The van der Waals surface area contributed by atoms with Gasteiger partial charge in [0, 0.05) is 28.1 Å². The minimum atomic E-state index is -1.26. The Morgan fingerprint density at radius 2 is 1.64 bits per heavy atom. The first-order chi connectivity index (χ1) is 15.9. The second-order valence-corrected chi connectivity index (χ2v) is 8.31. The molecule has 0 unspecified atom stereocenters. The minimum Gasteiger partial charge on any atom is -0.478 e. The number of rotatable bonds is 6. The van der Waals surface area contributed by atoms with Gasteiger partial charge in [0.25, 0.3) is 0 Å². The number of aryl methyl sites for hydroxylation is 1. The fourth-order valence-corrected chi connectivity index (χ4v) is 4.17. The van der Waals surface area contributed by atoms with Gasteiger partial charge in [0.2, 0.25) is 0 Å². The molecule has 1 aromatic heterocycles. The van der Waals surface area contributed by atoms with E-state index in [2.05, 4.69) is 41.7 Å². The fraction of sp³-hybridized carbons (Fsp3) is 0.269. The average Bonchev–Trinajstić information content (AvgIpc) is 2.82. The minimum absolute atomic E-state index is 0.558. The Balaban J connectivity index is 0.000000331. The zero-order valence-corrected chi connectivity index (χ0v) is 19.0. The molecular formula is C26H27ClN2O4. The number of nitrogens with zero attached hydrogens (tertiary/aromatic N) is 1. The number of halogens is 1. The topological polar surface area (TPSA) is 99.5 Å². The summed E-state index contributed by atoms with van der Waals surface area (Å²) in [7, 11) is 0. The summed E-state index contributed by atoms with van der Waals surface area (Å²) in [6.07, 6.45) is 6.05. The number of para-hydroxylation sites is 1. The summed E-state index contributed by atoms with van der Waals surface area (Å²) in [6.45, 7) is 2.32. The fourth-order valence-electron chi connectivity index (χ4n) is 3.93. The van der Waals surface area contributed by atoms with Crippen LogP contribution in [0, 0.1) is 5.92 Å². The third-order valence-corrected chi connectivity index (χ3v) is 5.93. The van der Waals surface area contributed by atoms with Crippen molar-refractivity contribution < 1.29 is 19.8 Å². The molecule has 0 bridgehead atoms. The summed E-state index contributed by atoms with van der Waals surface area (Å²) in [6, 6.07) is 18.7. The second kappa shape index (κ2) is 12.1. The van der Waals surface area contributed by atoms with Crippen LogP contribution in [0.5, 0.6) is 0 Å². The van der Waals surface area contributed by atoms with Crippen molar-refractivity contribution in [2.75, 3.05) is 13.1 Å². The molecule has 2 aromatic carbocycles. The number of aromatic nitrogens is 1. The van der Waals surface area contributed by atoms with Crippen LogP contribution in [0.3, 0.4) is 0 Å². The summed E-state index contributed by atoms with van der Waals surface area (Å²) in [5.41, 5.74) is 4.43. The van der Waals surface area contributed by atoms with E-state index < -0.39 is 11.9 Å². The maximum atomic E-state index is 9.55. The van der Waals surface area contributed by atoms with Crippen molar-refractivity contribution in [2.45, 2.75) is 25.7 Å². The second-order valence-electron chi connectivity index (χ2n) is 7.91. The molecule has 0 amide bonds. The molecule has 0 saturated carbocycles. The average molecular weight is 467 g/mol. The molecule has 0 atom stereocenters. The Kier molecular flexibility index (Phi) is 8.98. The standard InChI is InChI=1S/C22H23ClN2.C4H4O4/c23-20-7-3-1-6-19(20)22-15-17(10-9-16-11-13-24-14-12-16)18-5-2-4-8-21(18)25-22;5-3(6)1-2-4(7)8/h1-8,15-16,24H,9-14H2;1-2H,(H,5,6)(H,7,8)/b;2-1+. The van der Waals surface area contributed by atoms with E-state index in [1.807, 2.05) is 18.2 Å². The number of benzene rings is 2. The van der Waals surface area contributed by atoms with Crippen LogP contribution in [0.1, 0.15) is 24.8 Å². The quantitative estimate of drug-likeness (QED) is 0.432. The van der Waals surface area contributed by atoms with Crippen LogP contribution in [-0.4, -0.2) is 40.2 Å². The van der Waals surface area contributed by atoms with Crippen molar-refractivity contribution in [1.29, 1.82) is 0 Å². The molecule has 1 fully saturated rings. The predicted molar refractivity (Wildman–Crippen MR) is 131 cm³/mol. The van der Waals surface area contributed by atoms with Crippen LogP contribution in [-0.2, 0) is 16.0 Å². The molecule has 7 heteroatoms. The van der Waals surface area contributed by atoms with Gasteiger partial charge in [0.05, 0.1) is 11.2 Å².